The molecule has 13 heteroatoms. The van der Waals surface area contributed by atoms with Crippen molar-refractivity contribution in [2.24, 2.45) is 5.41 Å². The topological polar surface area (TPSA) is 156 Å². The predicted molar refractivity (Wildman–Crippen MR) is 175 cm³/mol. The normalized spacial score (nSPS) is 30.7. The van der Waals surface area contributed by atoms with Crippen molar-refractivity contribution in [1.82, 2.24) is 15.7 Å². The molecule has 0 aromatic heterocycles. The lowest BCUT2D eigenvalue weighted by Gasteiger charge is -2.49. The summed E-state index contributed by atoms with van der Waals surface area (Å²) in [4.78, 5) is 48.1. The second kappa shape index (κ2) is 15.1. The van der Waals surface area contributed by atoms with Crippen molar-refractivity contribution >= 4 is 40.4 Å². The molecule has 1 saturated carbocycles. The van der Waals surface area contributed by atoms with Gasteiger partial charge in [0.1, 0.15) is 35.9 Å². The highest BCUT2D eigenvalue weighted by atomic mass is 127. The van der Waals surface area contributed by atoms with Gasteiger partial charge >= 0.3 is 5.97 Å². The first-order valence-corrected chi connectivity index (χ1v) is 17.8. The summed E-state index contributed by atoms with van der Waals surface area (Å²) in [6, 6.07) is 5.34. The van der Waals surface area contributed by atoms with E-state index in [0.717, 1.165) is 47.7 Å². The van der Waals surface area contributed by atoms with Crippen LogP contribution in [-0.2, 0) is 40.0 Å². The molecule has 12 nitrogen and oxygen atoms in total. The second-order valence-electron chi connectivity index (χ2n) is 13.0. The quantitative estimate of drug-likeness (QED) is 0.112. The molecule has 0 spiro atoms. The maximum Gasteiger partial charge on any atom is 0.327 e. The number of benzene rings is 1. The van der Waals surface area contributed by atoms with Gasteiger partial charge in [0, 0.05) is 29.4 Å². The Morgan fingerprint density at radius 3 is 2.43 bits per heavy atom. The fourth-order valence-corrected chi connectivity index (χ4v) is 8.09. The van der Waals surface area contributed by atoms with E-state index in [1.807, 2.05) is 24.3 Å². The third kappa shape index (κ3) is 6.96. The van der Waals surface area contributed by atoms with Gasteiger partial charge in [0.25, 0.3) is 0 Å². The SMILES string of the molecule is CCCCCC1(CCCCC)O[C@@H]2[C@H](O1)[C@H]1ON(Cc3cccc(I)c3)[C@H]3C(=O)O[C@@H]2C[C@@]13C(=O)N[C@@H](C(=O)NCCO)[C@H](C)O. The molecule has 46 heavy (non-hydrogen) atoms. The maximum atomic E-state index is 14.6. The summed E-state index contributed by atoms with van der Waals surface area (Å²) in [6.45, 7) is 5.56. The molecule has 1 aliphatic carbocycles. The van der Waals surface area contributed by atoms with Gasteiger partial charge in [0.2, 0.25) is 11.8 Å². The molecule has 0 unspecified atom stereocenters. The van der Waals surface area contributed by atoms with Crippen LogP contribution < -0.4 is 10.6 Å². The smallest absolute Gasteiger partial charge is 0.327 e. The monoisotopic (exact) mass is 757 g/mol. The van der Waals surface area contributed by atoms with E-state index in [1.165, 1.54) is 12.0 Å². The zero-order chi connectivity index (χ0) is 33.1. The van der Waals surface area contributed by atoms with Gasteiger partial charge in [-0.2, -0.15) is 5.06 Å². The number of amides is 2. The molecule has 1 aromatic carbocycles. The van der Waals surface area contributed by atoms with Crippen LogP contribution in [0.4, 0.5) is 0 Å². The number of unbranched alkanes of at least 4 members (excludes halogenated alkanes) is 4. The van der Waals surface area contributed by atoms with Crippen LogP contribution in [0, 0.1) is 8.99 Å². The fraction of sp³-hybridized carbons (Fsp3) is 0.727. The number of fused-ring (bicyclic) bond motifs is 4. The molecular weight excluding hydrogens is 709 g/mol. The van der Waals surface area contributed by atoms with Crippen LogP contribution in [0.3, 0.4) is 0 Å². The van der Waals surface area contributed by atoms with Gasteiger partial charge in [-0.3, -0.25) is 19.2 Å². The van der Waals surface area contributed by atoms with E-state index in [-0.39, 0.29) is 26.1 Å². The number of esters is 1. The highest BCUT2D eigenvalue weighted by Crippen LogP contribution is 2.58. The molecule has 256 valence electrons. The van der Waals surface area contributed by atoms with Crippen LogP contribution in [0.25, 0.3) is 0 Å². The van der Waals surface area contributed by atoms with Crippen molar-refractivity contribution in [3.05, 3.63) is 33.4 Å². The van der Waals surface area contributed by atoms with Crippen LogP contribution in [0.2, 0.25) is 0 Å². The average Bonchev–Trinajstić information content (AvgIpc) is 3.57. The number of aliphatic hydroxyl groups excluding tert-OH is 2. The molecule has 3 saturated heterocycles. The second-order valence-corrected chi connectivity index (χ2v) is 14.3. The van der Waals surface area contributed by atoms with E-state index in [9.17, 15) is 24.6 Å². The molecule has 4 aliphatic rings. The molecular formula is C33H48IN3O9. The van der Waals surface area contributed by atoms with Gasteiger partial charge in [-0.1, -0.05) is 51.7 Å². The van der Waals surface area contributed by atoms with Crippen molar-refractivity contribution in [2.45, 2.75) is 133 Å². The fourth-order valence-electron chi connectivity index (χ4n) is 7.48. The molecule has 8 atom stereocenters. The van der Waals surface area contributed by atoms with E-state index in [1.54, 1.807) is 0 Å². The zero-order valence-corrected chi connectivity index (χ0v) is 29.1. The van der Waals surface area contributed by atoms with Gasteiger partial charge in [0.15, 0.2) is 11.8 Å². The number of nitrogens with one attached hydrogen (secondary N) is 2. The molecule has 2 bridgehead atoms. The van der Waals surface area contributed by atoms with E-state index < -0.39 is 71.6 Å². The van der Waals surface area contributed by atoms with Crippen LogP contribution in [0.5, 0.6) is 0 Å². The lowest BCUT2D eigenvalue weighted by atomic mass is 9.62. The van der Waals surface area contributed by atoms with Gasteiger partial charge in [0.05, 0.1) is 19.3 Å². The number of carbonyl (C=O) groups is 3. The molecule has 4 fully saturated rings. The van der Waals surface area contributed by atoms with Crippen molar-refractivity contribution in [1.29, 1.82) is 0 Å². The van der Waals surface area contributed by atoms with E-state index in [0.29, 0.717) is 12.8 Å². The highest BCUT2D eigenvalue weighted by molar-refractivity contribution is 14.1. The molecule has 0 radical (unpaired) electrons. The van der Waals surface area contributed by atoms with Gasteiger partial charge < -0.3 is 35.1 Å². The number of hydrogen-bond donors (Lipinski definition) is 4. The van der Waals surface area contributed by atoms with Gasteiger partial charge in [-0.15, -0.1) is 0 Å². The Morgan fingerprint density at radius 1 is 1.11 bits per heavy atom. The molecule has 1 aromatic rings. The summed E-state index contributed by atoms with van der Waals surface area (Å²) in [5, 5.41) is 26.5. The maximum absolute atomic E-state index is 14.6. The third-order valence-corrected chi connectivity index (χ3v) is 10.4. The van der Waals surface area contributed by atoms with Crippen molar-refractivity contribution in [3.63, 3.8) is 0 Å². The predicted octanol–water partition coefficient (Wildman–Crippen LogP) is 2.71. The van der Waals surface area contributed by atoms with Crippen LogP contribution in [-0.4, -0.2) is 94.6 Å². The number of rotatable bonds is 16. The zero-order valence-electron chi connectivity index (χ0n) is 26.9. The minimum absolute atomic E-state index is 0.0391. The number of aliphatic hydroxyl groups is 2. The lowest BCUT2D eigenvalue weighted by Crippen LogP contribution is -2.71. The Hall–Kier alpha value is -1.88. The van der Waals surface area contributed by atoms with Crippen LogP contribution >= 0.6 is 22.6 Å². The first-order chi connectivity index (χ1) is 22.1. The Kier molecular flexibility index (Phi) is 11.6. The Labute approximate surface area is 284 Å². The average molecular weight is 758 g/mol. The van der Waals surface area contributed by atoms with Crippen molar-refractivity contribution < 1.29 is 43.6 Å². The minimum atomic E-state index is -1.49. The van der Waals surface area contributed by atoms with Crippen molar-refractivity contribution in [3.8, 4) is 0 Å². The van der Waals surface area contributed by atoms with Gasteiger partial charge in [-0.05, 0) is 60.1 Å². The molecule has 3 aliphatic heterocycles. The standard InChI is InChI=1S/C33H48IN3O9/c1-4-6-8-13-32(14-9-7-5-2)44-25-23-18-33(31(42)36-24(20(3)39)29(40)35-15-16-38)27(30(41)43-23)37(46-28(33)26(25)45-32)19-21-11-10-12-22(34)17-21/h10-12,17,20,23-28,38-39H,4-9,13-16,18-19H2,1-3H3,(H,35,40)(H,36,42)/t20-,23+,24+,25-,26-,27-,28+,33-/m0/s1. The summed E-state index contributed by atoms with van der Waals surface area (Å²) < 4.78 is 20.7. The van der Waals surface area contributed by atoms with Crippen LogP contribution in [0.15, 0.2) is 24.3 Å². The molecule has 4 N–H and O–H groups in total. The summed E-state index contributed by atoms with van der Waals surface area (Å²) in [5.41, 5.74) is -0.602. The summed E-state index contributed by atoms with van der Waals surface area (Å²) in [5.74, 6) is -2.74. The number of hydroxylamine groups is 2. The number of ether oxygens (including phenoxy) is 3. The number of nitrogens with zero attached hydrogens (tertiary/aromatic N) is 1. The highest BCUT2D eigenvalue weighted by Gasteiger charge is 2.76. The first-order valence-electron chi connectivity index (χ1n) is 16.7. The number of halogens is 1. The van der Waals surface area contributed by atoms with E-state index >= 15 is 0 Å². The molecule has 2 amide bonds. The van der Waals surface area contributed by atoms with E-state index in [2.05, 4.69) is 47.1 Å². The Morgan fingerprint density at radius 2 is 1.80 bits per heavy atom. The van der Waals surface area contributed by atoms with E-state index in [4.69, 9.17) is 19.0 Å². The third-order valence-electron chi connectivity index (χ3n) is 9.69. The number of hydrogen-bond acceptors (Lipinski definition) is 10. The number of carbonyl (C=O) groups excluding carboxylic acids is 3. The summed E-state index contributed by atoms with van der Waals surface area (Å²) in [6.07, 6.45) is 3.13. The first kappa shape index (κ1) is 35.4. The lowest BCUT2D eigenvalue weighted by molar-refractivity contribution is -0.224. The minimum Gasteiger partial charge on any atom is -0.458 e. The van der Waals surface area contributed by atoms with Crippen molar-refractivity contribution in [2.75, 3.05) is 13.2 Å². The summed E-state index contributed by atoms with van der Waals surface area (Å²) in [7, 11) is 0. The van der Waals surface area contributed by atoms with Crippen LogP contribution in [0.1, 0.15) is 84.1 Å². The molecule has 5 rings (SSSR count). The summed E-state index contributed by atoms with van der Waals surface area (Å²) >= 11 is 2.22. The molecule has 3 heterocycles. The Bertz CT molecular complexity index is 1240. The largest absolute Gasteiger partial charge is 0.458 e. The Balaban J connectivity index is 1.52. The van der Waals surface area contributed by atoms with Gasteiger partial charge in [-0.25, -0.2) is 0 Å².